The highest BCUT2D eigenvalue weighted by Gasteiger charge is 2.48. The molecule has 1 amide bonds. The zero-order valence-corrected chi connectivity index (χ0v) is 20.1. The number of nitro benzene ring substituents is 1. The van der Waals surface area contributed by atoms with E-state index in [0.717, 1.165) is 16.2 Å². The molecule has 4 rings (SSSR count). The van der Waals surface area contributed by atoms with Gasteiger partial charge in [-0.15, -0.1) is 0 Å². The van der Waals surface area contributed by atoms with E-state index in [1.807, 2.05) is 0 Å². The van der Waals surface area contributed by atoms with E-state index in [-0.39, 0.29) is 26.8 Å². The smallest absolute Gasteiger partial charge is 0.350 e. The van der Waals surface area contributed by atoms with Gasteiger partial charge < -0.3 is 14.6 Å². The molecule has 1 saturated heterocycles. The summed E-state index contributed by atoms with van der Waals surface area (Å²) < 4.78 is 9.89. The first kappa shape index (κ1) is 24.5. The van der Waals surface area contributed by atoms with Crippen LogP contribution in [0.3, 0.4) is 0 Å². The summed E-state index contributed by atoms with van der Waals surface area (Å²) in [6.07, 6.45) is 0. The molecule has 0 aliphatic carbocycles. The van der Waals surface area contributed by atoms with Crippen LogP contribution in [0.5, 0.6) is 5.75 Å². The minimum atomic E-state index is -1.16. The molecule has 0 bridgehead atoms. The van der Waals surface area contributed by atoms with Gasteiger partial charge in [0.2, 0.25) is 0 Å². The van der Waals surface area contributed by atoms with Crippen molar-refractivity contribution in [1.29, 1.82) is 0 Å². The highest BCUT2D eigenvalue weighted by atomic mass is 32.1. The van der Waals surface area contributed by atoms with Crippen molar-refractivity contribution in [2.24, 2.45) is 0 Å². The van der Waals surface area contributed by atoms with Crippen LogP contribution in [0.2, 0.25) is 0 Å². The number of aliphatic hydroxyl groups is 1. The number of carbonyl (C=O) groups is 3. The van der Waals surface area contributed by atoms with E-state index >= 15 is 0 Å². The molecule has 1 fully saturated rings. The Morgan fingerprint density at radius 1 is 1.11 bits per heavy atom. The number of ketones is 1. The molecule has 36 heavy (non-hydrogen) atoms. The lowest BCUT2D eigenvalue weighted by Crippen LogP contribution is -2.29. The first-order valence-corrected chi connectivity index (χ1v) is 11.2. The SMILES string of the molecule is COC(=O)c1sc(N2C(=O)C(=O)/C(=C(/O)c3ccc(OC)cc3)C2c2ccc([N+](=O)[O-])cc2)nc1C. The van der Waals surface area contributed by atoms with Crippen LogP contribution in [0.1, 0.15) is 32.5 Å². The van der Waals surface area contributed by atoms with Crippen LogP contribution in [0, 0.1) is 17.0 Å². The largest absolute Gasteiger partial charge is 0.507 e. The van der Waals surface area contributed by atoms with Crippen LogP contribution >= 0.6 is 11.3 Å². The Hall–Kier alpha value is -4.58. The number of aryl methyl sites for hydroxylation is 1. The third kappa shape index (κ3) is 4.18. The van der Waals surface area contributed by atoms with Crippen LogP contribution in [0.25, 0.3) is 5.76 Å². The number of aliphatic hydroxyl groups excluding tert-OH is 1. The van der Waals surface area contributed by atoms with E-state index < -0.39 is 34.4 Å². The van der Waals surface area contributed by atoms with Gasteiger partial charge in [-0.25, -0.2) is 9.78 Å². The second-order valence-corrected chi connectivity index (χ2v) is 8.63. The molecule has 0 spiro atoms. The number of hydrogen-bond acceptors (Lipinski definition) is 10. The van der Waals surface area contributed by atoms with Gasteiger partial charge in [-0.2, -0.15) is 0 Å². The number of nitro groups is 1. The molecule has 1 aliphatic rings. The summed E-state index contributed by atoms with van der Waals surface area (Å²) >= 11 is 0.854. The van der Waals surface area contributed by atoms with E-state index in [4.69, 9.17) is 9.47 Å². The number of aromatic nitrogens is 1. The van der Waals surface area contributed by atoms with Gasteiger partial charge in [-0.3, -0.25) is 24.6 Å². The number of amides is 1. The fraction of sp³-hybridized carbons (Fsp3) is 0.167. The second-order valence-electron chi connectivity index (χ2n) is 7.65. The standard InChI is InChI=1S/C24H19N3O8S/c1-12-21(23(31)35-3)36-24(25-12)26-18(13-4-8-15(9-5-13)27(32)33)17(20(29)22(26)30)19(28)14-6-10-16(34-2)11-7-14/h4-11,18,28H,1-3H3/b19-17+. The minimum Gasteiger partial charge on any atom is -0.507 e. The molecule has 12 heteroatoms. The molecule has 1 atom stereocenters. The molecular formula is C24H19N3O8S. The first-order chi connectivity index (χ1) is 17.2. The Kier molecular flexibility index (Phi) is 6.53. The Labute approximate surface area is 208 Å². The Morgan fingerprint density at radius 3 is 2.31 bits per heavy atom. The van der Waals surface area contributed by atoms with Crippen LogP contribution in [-0.4, -0.2) is 46.9 Å². The van der Waals surface area contributed by atoms with Crippen molar-refractivity contribution < 1.29 is 33.9 Å². The zero-order chi connectivity index (χ0) is 26.1. The van der Waals surface area contributed by atoms with Gasteiger partial charge in [-0.05, 0) is 48.9 Å². The van der Waals surface area contributed by atoms with Crippen LogP contribution < -0.4 is 9.64 Å². The van der Waals surface area contributed by atoms with Crippen molar-refractivity contribution in [1.82, 2.24) is 4.98 Å². The van der Waals surface area contributed by atoms with Gasteiger partial charge >= 0.3 is 11.9 Å². The molecule has 1 aliphatic heterocycles. The fourth-order valence-corrected chi connectivity index (χ4v) is 4.81. The summed E-state index contributed by atoms with van der Waals surface area (Å²) in [5.74, 6) is -2.52. The maximum absolute atomic E-state index is 13.2. The lowest BCUT2D eigenvalue weighted by atomic mass is 9.95. The summed E-state index contributed by atoms with van der Waals surface area (Å²) in [4.78, 5) is 54.6. The molecule has 1 unspecified atom stereocenters. The molecule has 1 aromatic heterocycles. The highest BCUT2D eigenvalue weighted by molar-refractivity contribution is 7.17. The van der Waals surface area contributed by atoms with E-state index in [1.165, 1.54) is 50.6 Å². The minimum absolute atomic E-state index is 0.0344. The Balaban J connectivity index is 1.92. The number of Topliss-reactive ketones (excluding diaryl/α,β-unsaturated/α-hetero) is 1. The van der Waals surface area contributed by atoms with Crippen molar-refractivity contribution in [3.05, 3.63) is 85.9 Å². The van der Waals surface area contributed by atoms with E-state index in [9.17, 15) is 29.6 Å². The van der Waals surface area contributed by atoms with Gasteiger partial charge in [0.05, 0.1) is 36.5 Å². The lowest BCUT2D eigenvalue weighted by molar-refractivity contribution is -0.384. The molecule has 2 aromatic carbocycles. The van der Waals surface area contributed by atoms with Gasteiger partial charge in [0.25, 0.3) is 11.5 Å². The Bertz CT molecular complexity index is 1410. The normalized spacial score (nSPS) is 16.8. The average molecular weight is 509 g/mol. The number of anilines is 1. The maximum Gasteiger partial charge on any atom is 0.350 e. The summed E-state index contributed by atoms with van der Waals surface area (Å²) in [5.41, 5.74) is 0.449. The molecule has 184 valence electrons. The molecule has 1 N–H and O–H groups in total. The molecule has 2 heterocycles. The number of hydrogen-bond donors (Lipinski definition) is 1. The van der Waals surface area contributed by atoms with E-state index in [1.54, 1.807) is 19.1 Å². The summed E-state index contributed by atoms with van der Waals surface area (Å²) in [6, 6.07) is 10.3. The number of benzene rings is 2. The molecule has 3 aromatic rings. The molecule has 11 nitrogen and oxygen atoms in total. The quantitative estimate of drug-likeness (QED) is 0.131. The monoisotopic (exact) mass is 509 g/mol. The van der Waals surface area contributed by atoms with Crippen LogP contribution in [0.4, 0.5) is 10.8 Å². The number of thiazole rings is 1. The number of rotatable bonds is 6. The predicted octanol–water partition coefficient (Wildman–Crippen LogP) is 3.78. The zero-order valence-electron chi connectivity index (χ0n) is 19.3. The van der Waals surface area contributed by atoms with Gasteiger partial charge in [0.1, 0.15) is 16.4 Å². The lowest BCUT2D eigenvalue weighted by Gasteiger charge is -2.23. The number of methoxy groups -OCH3 is 2. The van der Waals surface area contributed by atoms with Crippen LogP contribution in [-0.2, 0) is 14.3 Å². The maximum atomic E-state index is 13.2. The third-order valence-corrected chi connectivity index (χ3v) is 6.73. The van der Waals surface area contributed by atoms with E-state index in [0.29, 0.717) is 17.0 Å². The van der Waals surface area contributed by atoms with E-state index in [2.05, 4.69) is 4.98 Å². The average Bonchev–Trinajstić information content (AvgIpc) is 3.39. The first-order valence-electron chi connectivity index (χ1n) is 10.4. The Morgan fingerprint density at radius 2 is 1.75 bits per heavy atom. The van der Waals surface area contributed by atoms with Crippen molar-refractivity contribution in [2.45, 2.75) is 13.0 Å². The fourth-order valence-electron chi connectivity index (χ4n) is 3.80. The van der Waals surface area contributed by atoms with Gasteiger partial charge in [0.15, 0.2) is 5.13 Å². The van der Waals surface area contributed by atoms with Crippen molar-refractivity contribution in [3.8, 4) is 5.75 Å². The predicted molar refractivity (Wildman–Crippen MR) is 129 cm³/mol. The van der Waals surface area contributed by atoms with Gasteiger partial charge in [-0.1, -0.05) is 11.3 Å². The van der Waals surface area contributed by atoms with Gasteiger partial charge in [0, 0.05) is 17.7 Å². The molecular weight excluding hydrogens is 490 g/mol. The van der Waals surface area contributed by atoms with Crippen molar-refractivity contribution in [2.75, 3.05) is 19.1 Å². The second kappa shape index (κ2) is 9.58. The number of carbonyl (C=O) groups excluding carboxylic acids is 3. The summed E-state index contributed by atoms with van der Waals surface area (Å²) in [7, 11) is 2.69. The van der Waals surface area contributed by atoms with Crippen molar-refractivity contribution >= 4 is 45.6 Å². The number of ether oxygens (including phenoxy) is 2. The third-order valence-electron chi connectivity index (χ3n) is 5.59. The molecule has 0 radical (unpaired) electrons. The summed E-state index contributed by atoms with van der Waals surface area (Å²) in [5, 5.41) is 22.3. The van der Waals surface area contributed by atoms with Crippen molar-refractivity contribution in [3.63, 3.8) is 0 Å². The molecule has 0 saturated carbocycles. The highest BCUT2D eigenvalue weighted by Crippen LogP contribution is 2.44. The number of nitrogens with zero attached hydrogens (tertiary/aromatic N) is 3. The topological polar surface area (TPSA) is 149 Å². The van der Waals surface area contributed by atoms with Crippen LogP contribution in [0.15, 0.2) is 54.1 Å². The number of esters is 1. The summed E-state index contributed by atoms with van der Waals surface area (Å²) in [6.45, 7) is 1.56. The number of non-ortho nitro benzene ring substituents is 1.